The molecule has 4 heteroatoms. The first-order valence-electron chi connectivity index (χ1n) is 6.78. The molecule has 0 aromatic heterocycles. The van der Waals surface area contributed by atoms with Crippen LogP contribution < -0.4 is 10.1 Å². The fraction of sp³-hybridized carbons (Fsp3) is 0.235. The smallest absolute Gasteiger partial charge is 0.255 e. The van der Waals surface area contributed by atoms with E-state index in [1.54, 1.807) is 19.2 Å². The first kappa shape index (κ1) is 15.6. The molecule has 0 bridgehead atoms. The van der Waals surface area contributed by atoms with Crippen molar-refractivity contribution in [2.24, 2.45) is 0 Å². The third-order valence-electron chi connectivity index (χ3n) is 3.17. The first-order chi connectivity index (χ1) is 10.1. The zero-order valence-corrected chi connectivity index (χ0v) is 13.7. The maximum atomic E-state index is 12.3. The van der Waals surface area contributed by atoms with Gasteiger partial charge >= 0.3 is 0 Å². The van der Waals surface area contributed by atoms with Crippen molar-refractivity contribution in [3.8, 4) is 5.75 Å². The fourth-order valence-electron chi connectivity index (χ4n) is 2.17. The number of carbonyl (C=O) groups is 1. The van der Waals surface area contributed by atoms with Crippen LogP contribution in [0.3, 0.4) is 0 Å². The van der Waals surface area contributed by atoms with Crippen molar-refractivity contribution < 1.29 is 9.53 Å². The van der Waals surface area contributed by atoms with Crippen LogP contribution in [-0.4, -0.2) is 19.1 Å². The quantitative estimate of drug-likeness (QED) is 0.892. The molecule has 2 aromatic carbocycles. The second-order valence-corrected chi connectivity index (χ2v) is 5.82. The van der Waals surface area contributed by atoms with E-state index in [9.17, 15) is 4.79 Å². The summed E-state index contributed by atoms with van der Waals surface area (Å²) in [4.78, 5) is 12.3. The fourth-order valence-corrected chi connectivity index (χ4v) is 2.51. The van der Waals surface area contributed by atoms with Gasteiger partial charge in [-0.15, -0.1) is 0 Å². The molecule has 0 aliphatic rings. The van der Waals surface area contributed by atoms with Crippen molar-refractivity contribution in [1.29, 1.82) is 0 Å². The van der Waals surface area contributed by atoms with Crippen LogP contribution in [0.2, 0.25) is 0 Å². The molecule has 0 saturated carbocycles. The van der Waals surface area contributed by atoms with Crippen LogP contribution in [0.5, 0.6) is 5.75 Å². The van der Waals surface area contributed by atoms with Crippen LogP contribution in [0.15, 0.2) is 53.0 Å². The van der Waals surface area contributed by atoms with Crippen molar-refractivity contribution in [3.63, 3.8) is 0 Å². The minimum absolute atomic E-state index is 0.0493. The number of hydrogen-bond donors (Lipinski definition) is 1. The van der Waals surface area contributed by atoms with E-state index in [-0.39, 0.29) is 11.9 Å². The van der Waals surface area contributed by atoms with Gasteiger partial charge in [0, 0.05) is 10.5 Å². The molecule has 0 aliphatic carbocycles. The van der Waals surface area contributed by atoms with E-state index in [0.717, 1.165) is 10.9 Å². The van der Waals surface area contributed by atoms with Crippen molar-refractivity contribution in [3.05, 3.63) is 64.1 Å². The number of nitrogens with one attached hydrogen (secondary N) is 1. The molecule has 0 heterocycles. The summed E-state index contributed by atoms with van der Waals surface area (Å²) < 4.78 is 6.14. The molecule has 0 saturated heterocycles. The van der Waals surface area contributed by atoms with Gasteiger partial charge in [0.1, 0.15) is 5.75 Å². The summed E-state index contributed by atoms with van der Waals surface area (Å²) in [6.07, 6.45) is 0.797. The Labute approximate surface area is 133 Å². The standard InChI is InChI=1S/C17H18BrNO2/c1-12(10-13-6-4-3-5-7-13)19-17(20)15-9-8-14(18)11-16(15)21-2/h3-9,11-12H,10H2,1-2H3,(H,19,20). The highest BCUT2D eigenvalue weighted by Crippen LogP contribution is 2.23. The van der Waals surface area contributed by atoms with E-state index >= 15 is 0 Å². The molecule has 1 atom stereocenters. The lowest BCUT2D eigenvalue weighted by molar-refractivity contribution is 0.0937. The second kappa shape index (κ2) is 7.27. The maximum Gasteiger partial charge on any atom is 0.255 e. The Morgan fingerprint density at radius 3 is 2.62 bits per heavy atom. The number of carbonyl (C=O) groups excluding carboxylic acids is 1. The number of methoxy groups -OCH3 is 1. The Balaban J connectivity index is 2.04. The molecule has 0 spiro atoms. The molecular formula is C17H18BrNO2. The maximum absolute atomic E-state index is 12.3. The Hall–Kier alpha value is -1.81. The number of amides is 1. The molecule has 2 rings (SSSR count). The van der Waals surface area contributed by atoms with Gasteiger partial charge in [-0.2, -0.15) is 0 Å². The van der Waals surface area contributed by atoms with E-state index in [1.807, 2.05) is 31.2 Å². The topological polar surface area (TPSA) is 38.3 Å². The molecule has 1 amide bonds. The summed E-state index contributed by atoms with van der Waals surface area (Å²) in [7, 11) is 1.56. The Morgan fingerprint density at radius 1 is 1.24 bits per heavy atom. The third kappa shape index (κ3) is 4.33. The van der Waals surface area contributed by atoms with Gasteiger partial charge in [-0.05, 0) is 37.1 Å². The Kier molecular flexibility index (Phi) is 5.39. The van der Waals surface area contributed by atoms with Gasteiger partial charge in [0.15, 0.2) is 0 Å². The predicted molar refractivity (Wildman–Crippen MR) is 87.8 cm³/mol. The van der Waals surface area contributed by atoms with Gasteiger partial charge < -0.3 is 10.1 Å². The summed E-state index contributed by atoms with van der Waals surface area (Å²) in [6.45, 7) is 2.00. The number of hydrogen-bond acceptors (Lipinski definition) is 2. The highest BCUT2D eigenvalue weighted by molar-refractivity contribution is 9.10. The highest BCUT2D eigenvalue weighted by Gasteiger charge is 2.15. The van der Waals surface area contributed by atoms with Gasteiger partial charge in [0.25, 0.3) is 5.91 Å². The summed E-state index contributed by atoms with van der Waals surface area (Å²) >= 11 is 3.37. The van der Waals surface area contributed by atoms with Crippen molar-refractivity contribution in [2.75, 3.05) is 7.11 Å². The van der Waals surface area contributed by atoms with Crippen LogP contribution >= 0.6 is 15.9 Å². The van der Waals surface area contributed by atoms with Crippen molar-refractivity contribution in [2.45, 2.75) is 19.4 Å². The van der Waals surface area contributed by atoms with E-state index in [0.29, 0.717) is 11.3 Å². The largest absolute Gasteiger partial charge is 0.496 e. The van der Waals surface area contributed by atoms with Gasteiger partial charge in [-0.25, -0.2) is 0 Å². The lowest BCUT2D eigenvalue weighted by atomic mass is 10.1. The Bertz CT molecular complexity index is 613. The van der Waals surface area contributed by atoms with Crippen LogP contribution in [0.4, 0.5) is 0 Å². The zero-order valence-electron chi connectivity index (χ0n) is 12.1. The minimum atomic E-state index is -0.122. The Morgan fingerprint density at radius 2 is 1.95 bits per heavy atom. The van der Waals surface area contributed by atoms with E-state index < -0.39 is 0 Å². The molecular weight excluding hydrogens is 330 g/mol. The minimum Gasteiger partial charge on any atom is -0.496 e. The SMILES string of the molecule is COc1cc(Br)ccc1C(=O)NC(C)Cc1ccccc1. The van der Waals surface area contributed by atoms with Crippen LogP contribution in [0, 0.1) is 0 Å². The van der Waals surface area contributed by atoms with Crippen LogP contribution in [-0.2, 0) is 6.42 Å². The van der Waals surface area contributed by atoms with Crippen LogP contribution in [0.25, 0.3) is 0 Å². The number of rotatable bonds is 5. The van der Waals surface area contributed by atoms with Gasteiger partial charge in [-0.3, -0.25) is 4.79 Å². The molecule has 3 nitrogen and oxygen atoms in total. The predicted octanol–water partition coefficient (Wildman–Crippen LogP) is 3.82. The molecule has 21 heavy (non-hydrogen) atoms. The second-order valence-electron chi connectivity index (χ2n) is 4.91. The third-order valence-corrected chi connectivity index (χ3v) is 3.66. The lowest BCUT2D eigenvalue weighted by Gasteiger charge is -2.15. The summed E-state index contributed by atoms with van der Waals surface area (Å²) in [6, 6.07) is 15.5. The molecule has 110 valence electrons. The average molecular weight is 348 g/mol. The zero-order chi connectivity index (χ0) is 15.2. The van der Waals surface area contributed by atoms with E-state index in [2.05, 4.69) is 33.4 Å². The molecule has 1 unspecified atom stereocenters. The molecule has 2 aromatic rings. The van der Waals surface area contributed by atoms with Crippen molar-refractivity contribution in [1.82, 2.24) is 5.32 Å². The van der Waals surface area contributed by atoms with E-state index in [1.165, 1.54) is 5.56 Å². The van der Waals surface area contributed by atoms with E-state index in [4.69, 9.17) is 4.74 Å². The van der Waals surface area contributed by atoms with Crippen molar-refractivity contribution >= 4 is 21.8 Å². The molecule has 0 radical (unpaired) electrons. The molecule has 0 fully saturated rings. The molecule has 1 N–H and O–H groups in total. The number of ether oxygens (including phenoxy) is 1. The number of halogens is 1. The highest BCUT2D eigenvalue weighted by atomic mass is 79.9. The summed E-state index contributed by atoms with van der Waals surface area (Å²) in [5, 5.41) is 3.00. The van der Waals surface area contributed by atoms with Crippen LogP contribution in [0.1, 0.15) is 22.8 Å². The normalized spacial score (nSPS) is 11.8. The van der Waals surface area contributed by atoms with Gasteiger partial charge in [-0.1, -0.05) is 46.3 Å². The summed E-state index contributed by atoms with van der Waals surface area (Å²) in [5.41, 5.74) is 1.74. The lowest BCUT2D eigenvalue weighted by Crippen LogP contribution is -2.34. The van der Waals surface area contributed by atoms with Gasteiger partial charge in [0.05, 0.1) is 12.7 Å². The van der Waals surface area contributed by atoms with Gasteiger partial charge in [0.2, 0.25) is 0 Å². The first-order valence-corrected chi connectivity index (χ1v) is 7.58. The molecule has 0 aliphatic heterocycles. The number of benzene rings is 2. The summed E-state index contributed by atoms with van der Waals surface area (Å²) in [5.74, 6) is 0.441. The average Bonchev–Trinajstić information content (AvgIpc) is 2.47. The monoisotopic (exact) mass is 347 g/mol.